The highest BCUT2D eigenvalue weighted by Gasteiger charge is 2.10. The van der Waals surface area contributed by atoms with E-state index in [0.717, 1.165) is 12.8 Å². The summed E-state index contributed by atoms with van der Waals surface area (Å²) in [7, 11) is 0. The van der Waals surface area contributed by atoms with Crippen LogP contribution in [0.15, 0.2) is 18.2 Å². The highest BCUT2D eigenvalue weighted by atomic mass is 35.5. The van der Waals surface area contributed by atoms with Gasteiger partial charge in [-0.1, -0.05) is 43.2 Å². The van der Waals surface area contributed by atoms with Crippen molar-refractivity contribution in [3.8, 4) is 5.75 Å². The SMILES string of the molecule is CCCCOc1cccc(Cl)c1C(N)=S. The number of thiocarbonyl (C=S) groups is 1. The Bertz CT molecular complexity index is 354. The first kappa shape index (κ1) is 12.3. The number of unbranched alkanes of at least 4 members (excludes halogenated alkanes) is 1. The van der Waals surface area contributed by atoms with Gasteiger partial charge in [-0.15, -0.1) is 0 Å². The maximum absolute atomic E-state index is 5.99. The van der Waals surface area contributed by atoms with Crippen molar-refractivity contribution in [2.75, 3.05) is 6.61 Å². The van der Waals surface area contributed by atoms with Gasteiger partial charge in [0.2, 0.25) is 0 Å². The molecule has 0 aliphatic rings. The molecule has 0 fully saturated rings. The quantitative estimate of drug-likeness (QED) is 0.637. The van der Waals surface area contributed by atoms with Crippen LogP contribution >= 0.6 is 23.8 Å². The van der Waals surface area contributed by atoms with Gasteiger partial charge in [0.15, 0.2) is 0 Å². The summed E-state index contributed by atoms with van der Waals surface area (Å²) in [6.45, 7) is 2.77. The summed E-state index contributed by atoms with van der Waals surface area (Å²) in [5.74, 6) is 0.670. The Kier molecular flexibility index (Phi) is 4.85. The molecule has 4 heteroatoms. The average Bonchev–Trinajstić information content (AvgIpc) is 2.17. The molecular formula is C11H14ClNOS. The molecule has 0 amide bonds. The zero-order valence-corrected chi connectivity index (χ0v) is 10.2. The van der Waals surface area contributed by atoms with E-state index in [1.165, 1.54) is 0 Å². The Morgan fingerprint density at radius 3 is 2.87 bits per heavy atom. The van der Waals surface area contributed by atoms with Crippen molar-refractivity contribution in [3.05, 3.63) is 28.8 Å². The van der Waals surface area contributed by atoms with Crippen LogP contribution in [0, 0.1) is 0 Å². The Hall–Kier alpha value is -0.800. The molecule has 1 aromatic rings. The van der Waals surface area contributed by atoms with E-state index in [4.69, 9.17) is 34.3 Å². The van der Waals surface area contributed by atoms with Crippen LogP contribution in [0.25, 0.3) is 0 Å². The van der Waals surface area contributed by atoms with Crippen LogP contribution in [0.2, 0.25) is 5.02 Å². The third-order valence-electron chi connectivity index (χ3n) is 1.98. The molecule has 0 radical (unpaired) electrons. The van der Waals surface area contributed by atoms with Gasteiger partial charge >= 0.3 is 0 Å². The molecule has 0 atom stereocenters. The normalized spacial score (nSPS) is 10.0. The second-order valence-electron chi connectivity index (χ2n) is 3.18. The zero-order valence-electron chi connectivity index (χ0n) is 8.63. The van der Waals surface area contributed by atoms with Crippen molar-refractivity contribution in [3.63, 3.8) is 0 Å². The molecule has 0 saturated heterocycles. The number of ether oxygens (including phenoxy) is 1. The average molecular weight is 244 g/mol. The largest absolute Gasteiger partial charge is 0.493 e. The summed E-state index contributed by atoms with van der Waals surface area (Å²) < 4.78 is 5.57. The maximum atomic E-state index is 5.99. The Labute approximate surface area is 100 Å². The minimum absolute atomic E-state index is 0.270. The highest BCUT2D eigenvalue weighted by molar-refractivity contribution is 7.80. The predicted molar refractivity (Wildman–Crippen MR) is 67.7 cm³/mol. The molecule has 2 N–H and O–H groups in total. The fourth-order valence-corrected chi connectivity index (χ4v) is 1.72. The minimum Gasteiger partial charge on any atom is -0.493 e. The van der Waals surface area contributed by atoms with E-state index < -0.39 is 0 Å². The van der Waals surface area contributed by atoms with Crippen molar-refractivity contribution in [1.29, 1.82) is 0 Å². The van der Waals surface area contributed by atoms with Gasteiger partial charge in [0.05, 0.1) is 17.2 Å². The number of hydrogen-bond donors (Lipinski definition) is 1. The van der Waals surface area contributed by atoms with Crippen LogP contribution in [0.5, 0.6) is 5.75 Å². The van der Waals surface area contributed by atoms with Crippen LogP contribution in [0.1, 0.15) is 25.3 Å². The summed E-state index contributed by atoms with van der Waals surface area (Å²) in [5, 5.41) is 0.538. The van der Waals surface area contributed by atoms with Gasteiger partial charge in [0, 0.05) is 0 Å². The van der Waals surface area contributed by atoms with E-state index in [2.05, 4.69) is 6.92 Å². The lowest BCUT2D eigenvalue weighted by molar-refractivity contribution is 0.309. The lowest BCUT2D eigenvalue weighted by atomic mass is 10.2. The first-order valence-corrected chi connectivity index (χ1v) is 5.66. The van der Waals surface area contributed by atoms with E-state index in [9.17, 15) is 0 Å². The third kappa shape index (κ3) is 3.36. The van der Waals surface area contributed by atoms with Gasteiger partial charge in [-0.25, -0.2) is 0 Å². The Morgan fingerprint density at radius 1 is 1.53 bits per heavy atom. The van der Waals surface area contributed by atoms with Crippen molar-refractivity contribution in [1.82, 2.24) is 0 Å². The third-order valence-corrected chi connectivity index (χ3v) is 2.50. The topological polar surface area (TPSA) is 35.2 Å². The van der Waals surface area contributed by atoms with Gasteiger partial charge in [-0.2, -0.15) is 0 Å². The van der Waals surface area contributed by atoms with Gasteiger partial charge in [0.25, 0.3) is 0 Å². The predicted octanol–water partition coefficient (Wildman–Crippen LogP) is 3.15. The Morgan fingerprint density at radius 2 is 2.27 bits per heavy atom. The fraction of sp³-hybridized carbons (Fsp3) is 0.364. The Balaban J connectivity index is 2.86. The first-order chi connectivity index (χ1) is 7.16. The molecule has 0 aliphatic heterocycles. The number of rotatable bonds is 5. The number of nitrogens with two attached hydrogens (primary N) is 1. The van der Waals surface area contributed by atoms with Crippen molar-refractivity contribution >= 4 is 28.8 Å². The van der Waals surface area contributed by atoms with Gasteiger partial charge in [-0.05, 0) is 18.6 Å². The molecule has 0 heterocycles. The number of hydrogen-bond acceptors (Lipinski definition) is 2. The van der Waals surface area contributed by atoms with Crippen LogP contribution in [0.4, 0.5) is 0 Å². The van der Waals surface area contributed by atoms with Crippen LogP contribution in [0.3, 0.4) is 0 Å². The molecule has 15 heavy (non-hydrogen) atoms. The number of benzene rings is 1. The summed E-state index contributed by atoms with van der Waals surface area (Å²) in [6, 6.07) is 5.41. The molecule has 0 unspecified atom stereocenters. The number of halogens is 1. The monoisotopic (exact) mass is 243 g/mol. The minimum atomic E-state index is 0.270. The molecule has 0 spiro atoms. The van der Waals surface area contributed by atoms with Gasteiger partial charge < -0.3 is 10.5 Å². The zero-order chi connectivity index (χ0) is 11.3. The van der Waals surface area contributed by atoms with Crippen molar-refractivity contribution < 1.29 is 4.74 Å². The van der Waals surface area contributed by atoms with E-state index in [1.807, 2.05) is 12.1 Å². The summed E-state index contributed by atoms with van der Waals surface area (Å²) in [5.41, 5.74) is 6.22. The second-order valence-corrected chi connectivity index (χ2v) is 4.03. The standard InChI is InChI=1S/C11H14ClNOS/c1-2-3-7-14-9-6-4-5-8(12)10(9)11(13)15/h4-6H,2-3,7H2,1H3,(H2,13,15). The fourth-order valence-electron chi connectivity index (χ4n) is 1.19. The highest BCUT2D eigenvalue weighted by Crippen LogP contribution is 2.26. The molecule has 1 aromatic carbocycles. The lowest BCUT2D eigenvalue weighted by Crippen LogP contribution is -2.12. The molecule has 0 saturated carbocycles. The molecule has 0 bridgehead atoms. The molecule has 0 aromatic heterocycles. The van der Waals surface area contributed by atoms with Crippen molar-refractivity contribution in [2.24, 2.45) is 5.73 Å². The smallest absolute Gasteiger partial charge is 0.130 e. The summed E-state index contributed by atoms with van der Waals surface area (Å²) >= 11 is 10.9. The van der Waals surface area contributed by atoms with Crippen LogP contribution in [-0.4, -0.2) is 11.6 Å². The maximum Gasteiger partial charge on any atom is 0.130 e. The summed E-state index contributed by atoms with van der Waals surface area (Å²) in [6.07, 6.45) is 2.09. The van der Waals surface area contributed by atoms with E-state index >= 15 is 0 Å². The summed E-state index contributed by atoms with van der Waals surface area (Å²) in [4.78, 5) is 0.270. The molecule has 1 rings (SSSR count). The van der Waals surface area contributed by atoms with Crippen molar-refractivity contribution in [2.45, 2.75) is 19.8 Å². The lowest BCUT2D eigenvalue weighted by Gasteiger charge is -2.11. The second kappa shape index (κ2) is 5.93. The van der Waals surface area contributed by atoms with E-state index in [-0.39, 0.29) is 4.99 Å². The van der Waals surface area contributed by atoms with Gasteiger partial charge in [-0.3, -0.25) is 0 Å². The molecule has 2 nitrogen and oxygen atoms in total. The van der Waals surface area contributed by atoms with Gasteiger partial charge in [0.1, 0.15) is 10.7 Å². The molecule has 0 aliphatic carbocycles. The first-order valence-electron chi connectivity index (χ1n) is 4.88. The van der Waals surface area contributed by atoms with E-state index in [1.54, 1.807) is 6.07 Å². The molecule has 82 valence electrons. The molecular weight excluding hydrogens is 230 g/mol. The van der Waals surface area contributed by atoms with E-state index in [0.29, 0.717) is 22.9 Å². The van der Waals surface area contributed by atoms with Crippen LogP contribution in [-0.2, 0) is 0 Å². The van der Waals surface area contributed by atoms with Crippen LogP contribution < -0.4 is 10.5 Å².